The van der Waals surface area contributed by atoms with Gasteiger partial charge >= 0.3 is 6.09 Å². The molecular formula is C21H24ClN3O5. The number of aliphatic hydroxyl groups is 1. The summed E-state index contributed by atoms with van der Waals surface area (Å²) in [5.74, 6) is 0.0699. The molecule has 2 heterocycles. The molecule has 0 unspecified atom stereocenters. The number of piperidine rings is 1. The fourth-order valence-electron chi connectivity index (χ4n) is 3.16. The number of likely N-dealkylation sites (tertiary alicyclic amines) is 1. The minimum Gasteiger partial charge on any atom is -0.490 e. The first-order valence-electron chi connectivity index (χ1n) is 9.62. The number of amides is 2. The normalized spacial score (nSPS) is 14.3. The molecule has 9 heteroatoms. The Bertz CT molecular complexity index is 883. The van der Waals surface area contributed by atoms with Crippen molar-refractivity contribution in [3.8, 4) is 5.75 Å². The van der Waals surface area contributed by atoms with Crippen LogP contribution in [0, 0.1) is 0 Å². The molecule has 0 bridgehead atoms. The second-order valence-corrected chi connectivity index (χ2v) is 7.36. The molecule has 2 aromatic rings. The monoisotopic (exact) mass is 433 g/mol. The maximum Gasteiger partial charge on any atom is 0.409 e. The van der Waals surface area contributed by atoms with Crippen molar-refractivity contribution in [3.63, 3.8) is 0 Å². The van der Waals surface area contributed by atoms with Crippen LogP contribution in [0.2, 0.25) is 5.02 Å². The number of carbonyl (C=O) groups is 2. The van der Waals surface area contributed by atoms with Gasteiger partial charge in [-0.15, -0.1) is 0 Å². The molecule has 0 aliphatic carbocycles. The first kappa shape index (κ1) is 21.9. The Labute approximate surface area is 179 Å². The molecule has 1 aliphatic heterocycles. The van der Waals surface area contributed by atoms with Gasteiger partial charge in [-0.25, -0.2) is 4.79 Å². The van der Waals surface area contributed by atoms with Gasteiger partial charge < -0.3 is 24.8 Å². The number of methoxy groups -OCH3 is 1. The first-order chi connectivity index (χ1) is 14.5. The molecule has 0 radical (unpaired) electrons. The number of pyridine rings is 1. The zero-order valence-corrected chi connectivity index (χ0v) is 17.4. The molecule has 2 amide bonds. The van der Waals surface area contributed by atoms with Crippen molar-refractivity contribution in [2.45, 2.75) is 32.1 Å². The minimum absolute atomic E-state index is 0.136. The Balaban J connectivity index is 1.62. The van der Waals surface area contributed by atoms with Crippen LogP contribution in [-0.2, 0) is 17.9 Å². The molecule has 1 fully saturated rings. The van der Waals surface area contributed by atoms with Crippen LogP contribution in [0.4, 0.5) is 4.79 Å². The van der Waals surface area contributed by atoms with Crippen molar-refractivity contribution in [1.82, 2.24) is 15.2 Å². The summed E-state index contributed by atoms with van der Waals surface area (Å²) in [6.07, 6.45) is 2.20. The van der Waals surface area contributed by atoms with Crippen molar-refractivity contribution < 1.29 is 24.2 Å². The van der Waals surface area contributed by atoms with Gasteiger partial charge in [-0.1, -0.05) is 23.7 Å². The highest BCUT2D eigenvalue weighted by Crippen LogP contribution is 2.24. The molecule has 1 aliphatic rings. The molecule has 1 saturated heterocycles. The maximum absolute atomic E-state index is 12.5. The van der Waals surface area contributed by atoms with Crippen molar-refractivity contribution in [2.24, 2.45) is 0 Å². The first-order valence-corrected chi connectivity index (χ1v) is 10.00. The summed E-state index contributed by atoms with van der Waals surface area (Å²) >= 11 is 5.87. The molecule has 3 rings (SSSR count). The number of carbonyl (C=O) groups excluding carboxylic acids is 2. The zero-order valence-electron chi connectivity index (χ0n) is 16.6. The van der Waals surface area contributed by atoms with Crippen LogP contribution in [-0.4, -0.2) is 53.3 Å². The number of halogens is 1. The highest BCUT2D eigenvalue weighted by atomic mass is 35.5. The average Bonchev–Trinajstić information content (AvgIpc) is 2.78. The highest BCUT2D eigenvalue weighted by molar-refractivity contribution is 6.30. The number of benzene rings is 1. The van der Waals surface area contributed by atoms with Crippen LogP contribution < -0.4 is 10.1 Å². The lowest BCUT2D eigenvalue weighted by Gasteiger charge is -2.31. The fraction of sp³-hybridized carbons (Fsp3) is 0.381. The van der Waals surface area contributed by atoms with Crippen molar-refractivity contribution in [1.29, 1.82) is 0 Å². The molecule has 1 aromatic carbocycles. The Morgan fingerprint density at radius 1 is 1.27 bits per heavy atom. The largest absolute Gasteiger partial charge is 0.490 e. The topological polar surface area (TPSA) is 101 Å². The van der Waals surface area contributed by atoms with E-state index in [4.69, 9.17) is 21.1 Å². The summed E-state index contributed by atoms with van der Waals surface area (Å²) in [7, 11) is 1.36. The second-order valence-electron chi connectivity index (χ2n) is 6.92. The number of ether oxygens (including phenoxy) is 2. The molecule has 2 N–H and O–H groups in total. The zero-order chi connectivity index (χ0) is 21.5. The predicted octanol–water partition coefficient (Wildman–Crippen LogP) is 2.77. The van der Waals surface area contributed by atoms with Crippen molar-refractivity contribution >= 4 is 23.6 Å². The Morgan fingerprint density at radius 3 is 2.60 bits per heavy atom. The number of hydrogen-bond acceptors (Lipinski definition) is 6. The minimum atomic E-state index is -0.354. The Kier molecular flexibility index (Phi) is 7.48. The summed E-state index contributed by atoms with van der Waals surface area (Å²) in [4.78, 5) is 29.9. The Hall–Kier alpha value is -2.84. The lowest BCUT2D eigenvalue weighted by atomic mass is 10.1. The van der Waals surface area contributed by atoms with E-state index in [9.17, 15) is 14.7 Å². The van der Waals surface area contributed by atoms with E-state index in [1.165, 1.54) is 19.4 Å². The van der Waals surface area contributed by atoms with Crippen molar-refractivity contribution in [3.05, 3.63) is 58.4 Å². The van der Waals surface area contributed by atoms with Gasteiger partial charge in [0.1, 0.15) is 17.5 Å². The van der Waals surface area contributed by atoms with Gasteiger partial charge in [0.2, 0.25) is 0 Å². The van der Waals surface area contributed by atoms with Crippen LogP contribution in [0.5, 0.6) is 5.75 Å². The molecule has 0 atom stereocenters. The van der Waals surface area contributed by atoms with Gasteiger partial charge in [0.25, 0.3) is 5.91 Å². The van der Waals surface area contributed by atoms with Crippen LogP contribution in [0.25, 0.3) is 0 Å². The number of hydrogen-bond donors (Lipinski definition) is 2. The smallest absolute Gasteiger partial charge is 0.409 e. The van der Waals surface area contributed by atoms with E-state index in [2.05, 4.69) is 10.3 Å². The SMILES string of the molecule is COC(=O)N1CCC(Oc2cc(C(=O)NCc3ccc(Cl)cc3)ncc2CO)CC1. The van der Waals surface area contributed by atoms with E-state index < -0.39 is 0 Å². The van der Waals surface area contributed by atoms with Crippen LogP contribution in [0.3, 0.4) is 0 Å². The van der Waals surface area contributed by atoms with Gasteiger partial charge in [-0.05, 0) is 17.7 Å². The van der Waals surface area contributed by atoms with Crippen LogP contribution in [0.15, 0.2) is 36.5 Å². The van der Waals surface area contributed by atoms with Crippen molar-refractivity contribution in [2.75, 3.05) is 20.2 Å². The molecule has 0 saturated carbocycles. The number of nitrogens with zero attached hydrogens (tertiary/aromatic N) is 2. The molecule has 8 nitrogen and oxygen atoms in total. The summed E-state index contributed by atoms with van der Waals surface area (Å²) < 4.78 is 10.8. The summed E-state index contributed by atoms with van der Waals surface area (Å²) in [6, 6.07) is 8.72. The maximum atomic E-state index is 12.5. The lowest BCUT2D eigenvalue weighted by molar-refractivity contribution is 0.0777. The molecule has 0 spiro atoms. The summed E-state index contributed by atoms with van der Waals surface area (Å²) in [6.45, 7) is 1.12. The standard InChI is InChI=1S/C21H24ClN3O5/c1-29-21(28)25-8-6-17(7-9-25)30-19-10-18(23-12-15(19)13-26)20(27)24-11-14-2-4-16(22)5-3-14/h2-5,10,12,17,26H,6-9,11,13H2,1H3,(H,24,27). The predicted molar refractivity (Wildman–Crippen MR) is 110 cm³/mol. The average molecular weight is 434 g/mol. The molecule has 30 heavy (non-hydrogen) atoms. The third-order valence-corrected chi connectivity index (χ3v) is 5.13. The third kappa shape index (κ3) is 5.61. The van der Waals surface area contributed by atoms with Gasteiger partial charge in [-0.2, -0.15) is 0 Å². The Morgan fingerprint density at radius 2 is 1.97 bits per heavy atom. The van der Waals surface area contributed by atoms with E-state index >= 15 is 0 Å². The van der Waals surface area contributed by atoms with E-state index in [1.807, 2.05) is 12.1 Å². The van der Waals surface area contributed by atoms with Crippen LogP contribution >= 0.6 is 11.6 Å². The van der Waals surface area contributed by atoms with E-state index in [0.29, 0.717) is 48.8 Å². The van der Waals surface area contributed by atoms with E-state index in [0.717, 1.165) is 5.56 Å². The van der Waals surface area contributed by atoms with E-state index in [1.54, 1.807) is 17.0 Å². The van der Waals surface area contributed by atoms with Crippen LogP contribution in [0.1, 0.15) is 34.5 Å². The molecular weight excluding hydrogens is 410 g/mol. The highest BCUT2D eigenvalue weighted by Gasteiger charge is 2.25. The quantitative estimate of drug-likeness (QED) is 0.726. The van der Waals surface area contributed by atoms with Gasteiger partial charge in [0.05, 0.1) is 13.7 Å². The number of rotatable bonds is 6. The lowest BCUT2D eigenvalue weighted by Crippen LogP contribution is -2.41. The third-order valence-electron chi connectivity index (χ3n) is 4.88. The van der Waals surface area contributed by atoms with Gasteiger partial charge in [0.15, 0.2) is 0 Å². The number of aromatic nitrogens is 1. The number of aliphatic hydroxyl groups excluding tert-OH is 1. The number of nitrogens with one attached hydrogen (secondary N) is 1. The summed E-state index contributed by atoms with van der Waals surface area (Å²) in [5.41, 5.74) is 1.61. The molecule has 1 aromatic heterocycles. The van der Waals surface area contributed by atoms with E-state index in [-0.39, 0.29) is 30.4 Å². The van der Waals surface area contributed by atoms with Gasteiger partial charge in [-0.3, -0.25) is 9.78 Å². The second kappa shape index (κ2) is 10.3. The fourth-order valence-corrected chi connectivity index (χ4v) is 3.28. The van der Waals surface area contributed by atoms with Gasteiger partial charge in [0, 0.05) is 55.3 Å². The summed E-state index contributed by atoms with van der Waals surface area (Å²) in [5, 5.41) is 13.0. The molecule has 160 valence electrons.